The van der Waals surface area contributed by atoms with Crippen molar-refractivity contribution in [1.29, 1.82) is 0 Å². The third kappa shape index (κ3) is 4.94. The molecule has 0 saturated carbocycles. The Labute approximate surface area is 185 Å². The van der Waals surface area contributed by atoms with E-state index in [9.17, 15) is 4.79 Å². The van der Waals surface area contributed by atoms with Gasteiger partial charge in [-0.15, -0.1) is 0 Å². The van der Waals surface area contributed by atoms with Crippen LogP contribution in [0, 0.1) is 11.3 Å². The monoisotopic (exact) mass is 423 g/mol. The Bertz CT molecular complexity index is 906. The largest absolute Gasteiger partial charge is 0.444 e. The van der Waals surface area contributed by atoms with Gasteiger partial charge in [0.1, 0.15) is 11.4 Å². The molecule has 2 bridgehead atoms. The number of pyridine rings is 1. The molecule has 0 N–H and O–H groups in total. The zero-order valence-electron chi connectivity index (χ0n) is 19.2. The molecule has 0 aliphatic carbocycles. The zero-order valence-corrected chi connectivity index (χ0v) is 19.2. The summed E-state index contributed by atoms with van der Waals surface area (Å²) in [5.41, 5.74) is 0.770. The van der Waals surface area contributed by atoms with Gasteiger partial charge in [-0.25, -0.2) is 9.78 Å². The minimum atomic E-state index is -0.485. The second-order valence-electron chi connectivity index (χ2n) is 10.4. The van der Waals surface area contributed by atoms with Crippen LogP contribution in [0.2, 0.25) is 0 Å². The highest BCUT2D eigenvalue weighted by Gasteiger charge is 2.47. The van der Waals surface area contributed by atoms with E-state index in [0.717, 1.165) is 30.9 Å². The van der Waals surface area contributed by atoms with Crippen molar-refractivity contribution in [2.24, 2.45) is 11.3 Å². The van der Waals surface area contributed by atoms with Crippen LogP contribution in [0.15, 0.2) is 48.7 Å². The summed E-state index contributed by atoms with van der Waals surface area (Å²) in [7, 11) is 0. The number of piperidine rings is 1. The van der Waals surface area contributed by atoms with Crippen LogP contribution in [-0.4, -0.2) is 47.3 Å². The lowest BCUT2D eigenvalue weighted by Gasteiger charge is -2.48. The molecule has 3 fully saturated rings. The number of carbonyl (C=O) groups is 1. The van der Waals surface area contributed by atoms with Gasteiger partial charge >= 0.3 is 6.09 Å². The summed E-state index contributed by atoms with van der Waals surface area (Å²) < 4.78 is 11.5. The first-order valence-corrected chi connectivity index (χ1v) is 11.0. The van der Waals surface area contributed by atoms with Gasteiger partial charge in [-0.1, -0.05) is 19.9 Å². The Kier molecular flexibility index (Phi) is 5.58. The summed E-state index contributed by atoms with van der Waals surface area (Å²) in [6, 6.07) is 14.0. The number of hydrogen-bond donors (Lipinski definition) is 0. The molecule has 2 atom stereocenters. The molecule has 3 aliphatic heterocycles. The average Bonchev–Trinajstić information content (AvgIpc) is 2.95. The summed E-state index contributed by atoms with van der Waals surface area (Å²) in [6.07, 6.45) is 2.62. The van der Waals surface area contributed by atoms with Crippen LogP contribution in [0.5, 0.6) is 11.6 Å². The zero-order chi connectivity index (χ0) is 22.2. The van der Waals surface area contributed by atoms with Gasteiger partial charge in [-0.3, -0.25) is 0 Å². The molecule has 31 heavy (non-hydrogen) atoms. The van der Waals surface area contributed by atoms with E-state index in [2.05, 4.69) is 35.9 Å². The molecule has 1 aromatic carbocycles. The molecule has 0 radical (unpaired) electrons. The molecule has 2 aromatic rings. The number of ether oxygens (including phenoxy) is 2. The summed E-state index contributed by atoms with van der Waals surface area (Å²) in [6.45, 7) is 12.7. The quantitative estimate of drug-likeness (QED) is 0.666. The van der Waals surface area contributed by atoms with Crippen LogP contribution in [0.3, 0.4) is 0 Å². The molecule has 1 amide bonds. The van der Waals surface area contributed by atoms with Gasteiger partial charge in [-0.05, 0) is 68.9 Å². The number of fused-ring (bicyclic) bond motifs is 4. The fraction of sp³-hybridized carbons (Fsp3) is 0.520. The maximum atomic E-state index is 12.8. The lowest BCUT2D eigenvalue weighted by Crippen LogP contribution is -2.54. The predicted octanol–water partition coefficient (Wildman–Crippen LogP) is 5.35. The minimum absolute atomic E-state index is 0.100. The number of anilines is 1. The lowest BCUT2D eigenvalue weighted by atomic mass is 9.73. The SMILES string of the molecule is CC(C)(C)OC(=O)N1C[C@@H]2CN(c3ccc(Oc4ccccn4)cc3)[C@H](C1)C(C)(C)C2. The highest BCUT2D eigenvalue weighted by molar-refractivity contribution is 5.68. The second-order valence-corrected chi connectivity index (χ2v) is 10.4. The number of carbonyl (C=O) groups excluding carboxylic acids is 1. The van der Waals surface area contributed by atoms with E-state index in [4.69, 9.17) is 9.47 Å². The van der Waals surface area contributed by atoms with Gasteiger partial charge in [0.25, 0.3) is 0 Å². The first-order chi connectivity index (χ1) is 14.6. The van der Waals surface area contributed by atoms with Crippen molar-refractivity contribution < 1.29 is 14.3 Å². The van der Waals surface area contributed by atoms with E-state index >= 15 is 0 Å². The number of rotatable bonds is 3. The number of aromatic nitrogens is 1. The van der Waals surface area contributed by atoms with Crippen LogP contribution < -0.4 is 9.64 Å². The number of amides is 1. The Hall–Kier alpha value is -2.76. The van der Waals surface area contributed by atoms with Crippen molar-refractivity contribution in [1.82, 2.24) is 9.88 Å². The van der Waals surface area contributed by atoms with Crippen molar-refractivity contribution >= 4 is 11.8 Å². The molecular weight excluding hydrogens is 390 g/mol. The molecule has 4 heterocycles. The summed E-state index contributed by atoms with van der Waals surface area (Å²) in [5.74, 6) is 1.75. The van der Waals surface area contributed by atoms with Gasteiger partial charge < -0.3 is 19.3 Å². The predicted molar refractivity (Wildman–Crippen MR) is 122 cm³/mol. The van der Waals surface area contributed by atoms with E-state index < -0.39 is 5.60 Å². The normalized spacial score (nSPS) is 22.7. The highest BCUT2D eigenvalue weighted by Crippen LogP contribution is 2.43. The van der Waals surface area contributed by atoms with Crippen LogP contribution in [-0.2, 0) is 4.74 Å². The van der Waals surface area contributed by atoms with Crippen LogP contribution in [0.1, 0.15) is 41.0 Å². The van der Waals surface area contributed by atoms with E-state index in [-0.39, 0.29) is 17.6 Å². The molecule has 6 heteroatoms. The Morgan fingerprint density at radius 2 is 1.81 bits per heavy atom. The molecule has 0 spiro atoms. The number of benzene rings is 1. The fourth-order valence-electron chi connectivity index (χ4n) is 4.83. The van der Waals surface area contributed by atoms with Gasteiger partial charge in [0.05, 0.1) is 6.04 Å². The molecule has 3 aliphatic rings. The van der Waals surface area contributed by atoms with E-state index in [0.29, 0.717) is 18.3 Å². The van der Waals surface area contributed by atoms with Gasteiger partial charge in [0.2, 0.25) is 5.88 Å². The van der Waals surface area contributed by atoms with Crippen molar-refractivity contribution in [3.8, 4) is 11.6 Å². The van der Waals surface area contributed by atoms with Gasteiger partial charge in [0.15, 0.2) is 0 Å². The van der Waals surface area contributed by atoms with Crippen LogP contribution >= 0.6 is 0 Å². The van der Waals surface area contributed by atoms with E-state index in [1.54, 1.807) is 6.20 Å². The lowest BCUT2D eigenvalue weighted by molar-refractivity contribution is 0.0240. The highest BCUT2D eigenvalue weighted by atomic mass is 16.6. The van der Waals surface area contributed by atoms with Gasteiger partial charge in [-0.2, -0.15) is 0 Å². The molecular formula is C25H33N3O3. The summed E-state index contributed by atoms with van der Waals surface area (Å²) in [4.78, 5) is 21.4. The van der Waals surface area contributed by atoms with Crippen molar-refractivity contribution in [3.05, 3.63) is 48.7 Å². The molecule has 1 aromatic heterocycles. The number of nitrogens with zero attached hydrogens (tertiary/aromatic N) is 3. The topological polar surface area (TPSA) is 54.9 Å². The molecule has 166 valence electrons. The maximum Gasteiger partial charge on any atom is 0.410 e. The third-order valence-electron chi connectivity index (χ3n) is 6.10. The van der Waals surface area contributed by atoms with Gasteiger partial charge in [0, 0.05) is 37.6 Å². The fourth-order valence-corrected chi connectivity index (χ4v) is 4.83. The first-order valence-electron chi connectivity index (χ1n) is 11.0. The smallest absolute Gasteiger partial charge is 0.410 e. The second kappa shape index (κ2) is 8.06. The summed E-state index contributed by atoms with van der Waals surface area (Å²) in [5, 5.41) is 0. The first kappa shape index (κ1) is 21.5. The molecule has 5 rings (SSSR count). The third-order valence-corrected chi connectivity index (χ3v) is 6.10. The molecule has 0 unspecified atom stereocenters. The Morgan fingerprint density at radius 3 is 2.45 bits per heavy atom. The van der Waals surface area contributed by atoms with Crippen molar-refractivity contribution in [2.75, 3.05) is 24.5 Å². The average molecular weight is 424 g/mol. The minimum Gasteiger partial charge on any atom is -0.444 e. The molecule has 6 nitrogen and oxygen atoms in total. The Balaban J connectivity index is 1.53. The number of hydrogen-bond acceptors (Lipinski definition) is 5. The van der Waals surface area contributed by atoms with E-state index in [1.807, 2.05) is 56.0 Å². The van der Waals surface area contributed by atoms with Crippen molar-refractivity contribution in [2.45, 2.75) is 52.7 Å². The van der Waals surface area contributed by atoms with Crippen LogP contribution in [0.25, 0.3) is 0 Å². The molecule has 3 saturated heterocycles. The van der Waals surface area contributed by atoms with Crippen molar-refractivity contribution in [3.63, 3.8) is 0 Å². The van der Waals surface area contributed by atoms with E-state index in [1.165, 1.54) is 0 Å². The van der Waals surface area contributed by atoms with Crippen LogP contribution in [0.4, 0.5) is 10.5 Å². The standard InChI is InChI=1S/C25H33N3O3/c1-24(2,3)31-23(29)27-15-18-14-25(4,5)21(17-27)28(16-18)19-9-11-20(12-10-19)30-22-8-6-7-13-26-22/h6-13,18,21H,14-17H2,1-5H3/t18-,21-/m1/s1. The maximum absolute atomic E-state index is 12.8. The summed E-state index contributed by atoms with van der Waals surface area (Å²) >= 11 is 0. The Morgan fingerprint density at radius 1 is 1.06 bits per heavy atom.